The number of aromatic amines is 1. The number of esters is 1. The van der Waals surface area contributed by atoms with Gasteiger partial charge in [0.2, 0.25) is 0 Å². The molecule has 9 nitrogen and oxygen atoms in total. The summed E-state index contributed by atoms with van der Waals surface area (Å²) < 4.78 is 9.35. The molecule has 2 unspecified atom stereocenters. The third-order valence-electron chi connectivity index (χ3n) is 3.66. The number of ether oxygens (including phenoxy) is 2. The largest absolute Gasteiger partial charge is 0.480 e. The third-order valence-corrected chi connectivity index (χ3v) is 3.66. The number of H-pyrrole nitrogens is 1. The molecular formula is C20H29N3O6. The van der Waals surface area contributed by atoms with E-state index in [1.807, 2.05) is 24.3 Å². The fourth-order valence-corrected chi connectivity index (χ4v) is 2.36. The van der Waals surface area contributed by atoms with Crippen LogP contribution in [0.15, 0.2) is 30.5 Å². The van der Waals surface area contributed by atoms with E-state index in [9.17, 15) is 19.5 Å². The van der Waals surface area contributed by atoms with Gasteiger partial charge < -0.3 is 30.6 Å². The summed E-state index contributed by atoms with van der Waals surface area (Å²) in [6.07, 6.45) is 1.20. The molecule has 5 N–H and O–H groups in total. The second kappa shape index (κ2) is 10.5. The Hall–Kier alpha value is -3.07. The Kier molecular flexibility index (Phi) is 8.65. The highest BCUT2D eigenvalue weighted by atomic mass is 16.6. The van der Waals surface area contributed by atoms with Crippen molar-refractivity contribution < 1.29 is 29.0 Å². The average molecular weight is 407 g/mol. The van der Waals surface area contributed by atoms with Gasteiger partial charge in [0.1, 0.15) is 17.7 Å². The Balaban J connectivity index is 0.000000516. The summed E-state index contributed by atoms with van der Waals surface area (Å²) in [6.45, 7) is 6.75. The second-order valence-electron chi connectivity index (χ2n) is 7.41. The highest BCUT2D eigenvalue weighted by Gasteiger charge is 2.25. The van der Waals surface area contributed by atoms with Gasteiger partial charge in [-0.2, -0.15) is 0 Å². The molecule has 1 aromatic heterocycles. The van der Waals surface area contributed by atoms with Gasteiger partial charge in [-0.1, -0.05) is 18.2 Å². The molecule has 9 heteroatoms. The molecule has 2 aromatic rings. The highest BCUT2D eigenvalue weighted by Crippen LogP contribution is 2.19. The number of carbonyl (C=O) groups is 3. The minimum atomic E-state index is -1.10. The summed E-state index contributed by atoms with van der Waals surface area (Å²) in [5.41, 5.74) is 6.16. The lowest BCUT2D eigenvalue weighted by molar-refractivity contribution is -0.141. The number of hydrogen-bond donors (Lipinski definition) is 4. The molecule has 0 fully saturated rings. The number of amides is 1. The van der Waals surface area contributed by atoms with Crippen LogP contribution in [0.3, 0.4) is 0 Å². The first-order valence-corrected chi connectivity index (χ1v) is 9.05. The Bertz CT molecular complexity index is 838. The molecule has 0 spiro atoms. The van der Waals surface area contributed by atoms with Gasteiger partial charge in [0.15, 0.2) is 0 Å². The molecule has 1 aromatic carbocycles. The Labute approximate surface area is 169 Å². The van der Waals surface area contributed by atoms with Crippen molar-refractivity contribution >= 4 is 28.9 Å². The first-order valence-electron chi connectivity index (χ1n) is 9.05. The van der Waals surface area contributed by atoms with Gasteiger partial charge in [-0.25, -0.2) is 9.59 Å². The van der Waals surface area contributed by atoms with E-state index in [0.717, 1.165) is 16.5 Å². The Morgan fingerprint density at radius 2 is 1.86 bits per heavy atom. The lowest BCUT2D eigenvalue weighted by atomic mass is 10.1. The number of hydrogen-bond acceptors (Lipinski definition) is 6. The third kappa shape index (κ3) is 8.22. The normalized spacial score (nSPS) is 12.9. The van der Waals surface area contributed by atoms with E-state index in [4.69, 9.17) is 10.5 Å². The van der Waals surface area contributed by atoms with Gasteiger partial charge in [-0.05, 0) is 39.3 Å². The number of benzene rings is 1. The number of carboxylic acid groups (broad SMARTS) is 1. The minimum Gasteiger partial charge on any atom is -0.480 e. The fourth-order valence-electron chi connectivity index (χ4n) is 2.36. The maximum absolute atomic E-state index is 11.8. The quantitative estimate of drug-likeness (QED) is 0.556. The van der Waals surface area contributed by atoms with Gasteiger partial charge >= 0.3 is 18.0 Å². The summed E-state index contributed by atoms with van der Waals surface area (Å²) >= 11 is 0. The molecule has 2 rings (SSSR count). The van der Waals surface area contributed by atoms with Crippen LogP contribution in [0.25, 0.3) is 10.9 Å². The second-order valence-corrected chi connectivity index (χ2v) is 7.41. The molecule has 0 saturated heterocycles. The first-order chi connectivity index (χ1) is 13.4. The molecule has 0 bridgehead atoms. The van der Waals surface area contributed by atoms with Crippen LogP contribution in [0, 0.1) is 0 Å². The van der Waals surface area contributed by atoms with E-state index in [1.165, 1.54) is 7.11 Å². The Morgan fingerprint density at radius 1 is 1.24 bits per heavy atom. The molecule has 1 heterocycles. The lowest BCUT2D eigenvalue weighted by Gasteiger charge is -2.21. The highest BCUT2D eigenvalue weighted by molar-refractivity contribution is 5.85. The molecule has 0 aliphatic heterocycles. The number of aliphatic carboxylic acids is 1. The van der Waals surface area contributed by atoms with Crippen molar-refractivity contribution in [3.05, 3.63) is 36.0 Å². The van der Waals surface area contributed by atoms with E-state index in [0.29, 0.717) is 0 Å². The zero-order valence-electron chi connectivity index (χ0n) is 17.3. The zero-order valence-corrected chi connectivity index (χ0v) is 17.3. The summed E-state index contributed by atoms with van der Waals surface area (Å²) in [5, 5.41) is 12.7. The number of para-hydroxylation sites is 1. The predicted molar refractivity (Wildman–Crippen MR) is 108 cm³/mol. The van der Waals surface area contributed by atoms with Gasteiger partial charge in [-0.3, -0.25) is 4.79 Å². The summed E-state index contributed by atoms with van der Waals surface area (Å²) in [7, 11) is 1.31. The van der Waals surface area contributed by atoms with E-state index < -0.39 is 29.7 Å². The van der Waals surface area contributed by atoms with Gasteiger partial charge in [0.05, 0.1) is 7.11 Å². The topological polar surface area (TPSA) is 144 Å². The van der Waals surface area contributed by atoms with Crippen molar-refractivity contribution in [1.29, 1.82) is 0 Å². The number of methoxy groups -OCH3 is 1. The van der Waals surface area contributed by atoms with Crippen molar-refractivity contribution in [3.8, 4) is 0 Å². The molecule has 160 valence electrons. The number of carbonyl (C=O) groups excluding carboxylic acids is 2. The van der Waals surface area contributed by atoms with E-state index in [2.05, 4.69) is 15.0 Å². The number of alkyl carbamates (subject to hydrolysis) is 1. The molecule has 2 atom stereocenters. The van der Waals surface area contributed by atoms with Crippen molar-refractivity contribution in [3.63, 3.8) is 0 Å². The monoisotopic (exact) mass is 407 g/mol. The average Bonchev–Trinajstić information content (AvgIpc) is 3.02. The smallest absolute Gasteiger partial charge is 0.408 e. The van der Waals surface area contributed by atoms with Crippen molar-refractivity contribution in [2.75, 3.05) is 7.11 Å². The molecule has 0 radical (unpaired) electrons. The van der Waals surface area contributed by atoms with Crippen LogP contribution in [0.1, 0.15) is 33.3 Å². The number of fused-ring (bicyclic) bond motifs is 1. The van der Waals surface area contributed by atoms with Crippen LogP contribution in [-0.2, 0) is 25.5 Å². The zero-order chi connectivity index (χ0) is 22.2. The number of rotatable bonds is 5. The maximum Gasteiger partial charge on any atom is 0.408 e. The van der Waals surface area contributed by atoms with Crippen LogP contribution < -0.4 is 11.1 Å². The molecule has 1 amide bonds. The number of nitrogens with two attached hydrogens (primary N) is 1. The lowest BCUT2D eigenvalue weighted by Crippen LogP contribution is -2.44. The fraction of sp³-hybridized carbons (Fsp3) is 0.450. The molecular weight excluding hydrogens is 378 g/mol. The van der Waals surface area contributed by atoms with Crippen LogP contribution in [-0.4, -0.2) is 52.9 Å². The standard InChI is InChI=1S/C16H20N2O4.C4H9NO2/c1-16(2,3)22-15(21)18-13(14(19)20)8-10-9-17-12-7-5-4-6-11(10)12;1-3(5)4(6)7-2/h4-7,9,13,17H,8H2,1-3H3,(H,18,21)(H,19,20);3H,5H2,1-2H3. The summed E-state index contributed by atoms with van der Waals surface area (Å²) in [5.74, 6) is -1.48. The number of carboxylic acids is 1. The van der Waals surface area contributed by atoms with Gasteiger partial charge in [0.25, 0.3) is 0 Å². The summed E-state index contributed by atoms with van der Waals surface area (Å²) in [4.78, 5) is 36.4. The van der Waals surface area contributed by atoms with Crippen LogP contribution >= 0.6 is 0 Å². The first kappa shape index (κ1) is 24.0. The number of nitrogens with one attached hydrogen (secondary N) is 2. The molecule has 0 aliphatic rings. The van der Waals surface area contributed by atoms with Crippen LogP contribution in [0.5, 0.6) is 0 Å². The van der Waals surface area contributed by atoms with Gasteiger partial charge in [0, 0.05) is 23.5 Å². The van der Waals surface area contributed by atoms with E-state index in [-0.39, 0.29) is 12.4 Å². The van der Waals surface area contributed by atoms with E-state index >= 15 is 0 Å². The van der Waals surface area contributed by atoms with Crippen LogP contribution in [0.2, 0.25) is 0 Å². The molecule has 0 saturated carbocycles. The number of aromatic nitrogens is 1. The summed E-state index contributed by atoms with van der Waals surface area (Å²) in [6, 6.07) is 6.07. The van der Waals surface area contributed by atoms with Crippen molar-refractivity contribution in [2.24, 2.45) is 5.73 Å². The Morgan fingerprint density at radius 3 is 2.34 bits per heavy atom. The minimum absolute atomic E-state index is 0.179. The maximum atomic E-state index is 11.8. The van der Waals surface area contributed by atoms with Crippen molar-refractivity contribution in [1.82, 2.24) is 10.3 Å². The van der Waals surface area contributed by atoms with Gasteiger partial charge in [-0.15, -0.1) is 0 Å². The van der Waals surface area contributed by atoms with E-state index in [1.54, 1.807) is 33.9 Å². The molecule has 0 aliphatic carbocycles. The predicted octanol–water partition coefficient (Wildman–Crippen LogP) is 2.19. The SMILES string of the molecule is CC(C)(C)OC(=O)NC(Cc1c[nH]c2ccccc12)C(=O)O.COC(=O)C(C)N. The van der Waals surface area contributed by atoms with Crippen molar-refractivity contribution in [2.45, 2.75) is 51.8 Å². The molecule has 29 heavy (non-hydrogen) atoms. The van der Waals surface area contributed by atoms with Crippen LogP contribution in [0.4, 0.5) is 4.79 Å².